The molecule has 1 aliphatic heterocycles. The van der Waals surface area contributed by atoms with E-state index in [1.165, 1.54) is 6.07 Å². The SMILES string of the molecule is NC1(c2nc3c(F)cccc3n2C2CC2)CCOC1. The fourth-order valence-electron chi connectivity index (χ4n) is 2.89. The lowest BCUT2D eigenvalue weighted by Crippen LogP contribution is -2.40. The number of nitrogens with zero attached hydrogens (tertiary/aromatic N) is 2. The second kappa shape index (κ2) is 3.77. The van der Waals surface area contributed by atoms with Gasteiger partial charge in [0.25, 0.3) is 0 Å². The molecule has 1 aromatic carbocycles. The minimum absolute atomic E-state index is 0.277. The van der Waals surface area contributed by atoms with Crippen LogP contribution in [0.15, 0.2) is 18.2 Å². The zero-order valence-electron chi connectivity index (χ0n) is 10.6. The van der Waals surface area contributed by atoms with Crippen molar-refractivity contribution >= 4 is 11.0 Å². The quantitative estimate of drug-likeness (QED) is 0.900. The van der Waals surface area contributed by atoms with E-state index in [0.717, 1.165) is 30.6 Å². The Labute approximate surface area is 110 Å². The summed E-state index contributed by atoms with van der Waals surface area (Å²) in [5.41, 5.74) is 7.14. The lowest BCUT2D eigenvalue weighted by Gasteiger charge is -2.22. The highest BCUT2D eigenvalue weighted by Crippen LogP contribution is 2.42. The Hall–Kier alpha value is -1.46. The summed E-state index contributed by atoms with van der Waals surface area (Å²) in [7, 11) is 0. The van der Waals surface area contributed by atoms with Crippen molar-refractivity contribution in [2.24, 2.45) is 5.73 Å². The van der Waals surface area contributed by atoms with Gasteiger partial charge in [-0.15, -0.1) is 0 Å². The molecule has 0 bridgehead atoms. The molecule has 5 heteroatoms. The van der Waals surface area contributed by atoms with E-state index >= 15 is 0 Å². The van der Waals surface area contributed by atoms with Crippen LogP contribution in [0.4, 0.5) is 4.39 Å². The molecular weight excluding hydrogens is 245 g/mol. The van der Waals surface area contributed by atoms with Crippen LogP contribution in [-0.4, -0.2) is 22.8 Å². The number of fused-ring (bicyclic) bond motifs is 1. The number of benzene rings is 1. The molecule has 0 radical (unpaired) electrons. The lowest BCUT2D eigenvalue weighted by molar-refractivity contribution is 0.175. The van der Waals surface area contributed by atoms with Crippen LogP contribution in [0.3, 0.4) is 0 Å². The van der Waals surface area contributed by atoms with E-state index < -0.39 is 5.54 Å². The van der Waals surface area contributed by atoms with Crippen molar-refractivity contribution in [2.75, 3.05) is 13.2 Å². The summed E-state index contributed by atoms with van der Waals surface area (Å²) in [6.07, 6.45) is 2.97. The van der Waals surface area contributed by atoms with Crippen LogP contribution in [0.2, 0.25) is 0 Å². The van der Waals surface area contributed by atoms with Crippen molar-refractivity contribution in [3.63, 3.8) is 0 Å². The van der Waals surface area contributed by atoms with Crippen LogP contribution in [-0.2, 0) is 10.3 Å². The number of nitrogens with two attached hydrogens (primary N) is 1. The van der Waals surface area contributed by atoms with Gasteiger partial charge in [-0.05, 0) is 31.4 Å². The van der Waals surface area contributed by atoms with E-state index in [1.54, 1.807) is 6.07 Å². The molecule has 19 heavy (non-hydrogen) atoms. The molecule has 2 aromatic rings. The molecule has 100 valence electrons. The molecule has 1 aliphatic carbocycles. The predicted octanol–water partition coefficient (Wildman–Crippen LogP) is 2.08. The fourth-order valence-corrected chi connectivity index (χ4v) is 2.89. The normalized spacial score (nSPS) is 27.3. The van der Waals surface area contributed by atoms with E-state index in [1.807, 2.05) is 6.07 Å². The number of imidazole rings is 1. The number of hydrogen-bond donors (Lipinski definition) is 1. The number of para-hydroxylation sites is 1. The third kappa shape index (κ3) is 1.61. The molecule has 2 N–H and O–H groups in total. The van der Waals surface area contributed by atoms with Crippen molar-refractivity contribution in [3.8, 4) is 0 Å². The Balaban J connectivity index is 1.99. The average Bonchev–Trinajstić information content (AvgIpc) is 3.00. The monoisotopic (exact) mass is 261 g/mol. The van der Waals surface area contributed by atoms with Crippen molar-refractivity contribution in [1.82, 2.24) is 9.55 Å². The molecule has 2 aliphatic rings. The van der Waals surface area contributed by atoms with Gasteiger partial charge in [-0.3, -0.25) is 0 Å². The highest BCUT2D eigenvalue weighted by atomic mass is 19.1. The van der Waals surface area contributed by atoms with E-state index in [0.29, 0.717) is 24.8 Å². The van der Waals surface area contributed by atoms with Gasteiger partial charge in [-0.25, -0.2) is 9.37 Å². The van der Waals surface area contributed by atoms with E-state index in [-0.39, 0.29) is 5.82 Å². The van der Waals surface area contributed by atoms with Crippen LogP contribution >= 0.6 is 0 Å². The van der Waals surface area contributed by atoms with Gasteiger partial charge >= 0.3 is 0 Å². The average molecular weight is 261 g/mol. The molecular formula is C14H16FN3O. The first-order valence-electron chi connectivity index (χ1n) is 6.73. The predicted molar refractivity (Wildman–Crippen MR) is 69.3 cm³/mol. The summed E-state index contributed by atoms with van der Waals surface area (Å²) in [6.45, 7) is 1.11. The summed E-state index contributed by atoms with van der Waals surface area (Å²) >= 11 is 0. The first-order valence-corrected chi connectivity index (χ1v) is 6.73. The van der Waals surface area contributed by atoms with Crippen molar-refractivity contribution in [1.29, 1.82) is 0 Å². The van der Waals surface area contributed by atoms with E-state index in [2.05, 4.69) is 9.55 Å². The van der Waals surface area contributed by atoms with Crippen LogP contribution < -0.4 is 5.73 Å². The highest BCUT2D eigenvalue weighted by molar-refractivity contribution is 5.77. The topological polar surface area (TPSA) is 53.1 Å². The Bertz CT molecular complexity index is 641. The third-order valence-electron chi connectivity index (χ3n) is 4.08. The molecule has 1 unspecified atom stereocenters. The third-order valence-corrected chi connectivity index (χ3v) is 4.08. The Kier molecular flexibility index (Phi) is 2.26. The maximum Gasteiger partial charge on any atom is 0.151 e. The van der Waals surface area contributed by atoms with Crippen LogP contribution in [0.5, 0.6) is 0 Å². The molecule has 1 atom stereocenters. The molecule has 1 saturated heterocycles. The van der Waals surface area contributed by atoms with Gasteiger partial charge in [0.2, 0.25) is 0 Å². The highest BCUT2D eigenvalue weighted by Gasteiger charge is 2.40. The summed E-state index contributed by atoms with van der Waals surface area (Å²) in [4.78, 5) is 4.51. The van der Waals surface area contributed by atoms with Gasteiger partial charge in [0.15, 0.2) is 5.82 Å². The van der Waals surface area contributed by atoms with E-state index in [4.69, 9.17) is 10.5 Å². The molecule has 1 saturated carbocycles. The number of aromatic nitrogens is 2. The molecule has 0 amide bonds. The molecule has 2 fully saturated rings. The summed E-state index contributed by atoms with van der Waals surface area (Å²) in [5.74, 6) is 0.508. The first-order chi connectivity index (χ1) is 9.19. The van der Waals surface area contributed by atoms with Gasteiger partial charge in [0, 0.05) is 12.6 Å². The summed E-state index contributed by atoms with van der Waals surface area (Å²) in [6, 6.07) is 5.52. The molecule has 4 rings (SSSR count). The van der Waals surface area contributed by atoms with E-state index in [9.17, 15) is 4.39 Å². The minimum Gasteiger partial charge on any atom is -0.379 e. The molecule has 2 heterocycles. The fraction of sp³-hybridized carbons (Fsp3) is 0.500. The Morgan fingerprint density at radius 1 is 1.42 bits per heavy atom. The molecule has 4 nitrogen and oxygen atoms in total. The summed E-state index contributed by atoms with van der Waals surface area (Å²) in [5, 5.41) is 0. The first kappa shape index (κ1) is 11.4. The second-order valence-electron chi connectivity index (χ2n) is 5.60. The second-order valence-corrected chi connectivity index (χ2v) is 5.60. The maximum absolute atomic E-state index is 13.9. The number of halogens is 1. The summed E-state index contributed by atoms with van der Waals surface area (Å²) < 4.78 is 21.5. The van der Waals surface area contributed by atoms with Gasteiger partial charge in [-0.2, -0.15) is 0 Å². The Morgan fingerprint density at radius 3 is 2.95 bits per heavy atom. The molecule has 1 aromatic heterocycles. The number of rotatable bonds is 2. The van der Waals surface area contributed by atoms with Crippen molar-refractivity contribution in [3.05, 3.63) is 29.8 Å². The zero-order valence-corrected chi connectivity index (χ0v) is 10.6. The number of hydrogen-bond acceptors (Lipinski definition) is 3. The smallest absolute Gasteiger partial charge is 0.151 e. The Morgan fingerprint density at radius 2 is 2.26 bits per heavy atom. The van der Waals surface area contributed by atoms with Crippen LogP contribution in [0.25, 0.3) is 11.0 Å². The minimum atomic E-state index is -0.575. The van der Waals surface area contributed by atoms with Gasteiger partial charge < -0.3 is 15.0 Å². The maximum atomic E-state index is 13.9. The van der Waals surface area contributed by atoms with Gasteiger partial charge in [0.1, 0.15) is 16.9 Å². The standard InChI is InChI=1S/C14H16FN3O/c15-10-2-1-3-11-12(10)17-13(18(11)9-4-5-9)14(16)6-7-19-8-14/h1-3,9H,4-8,16H2. The van der Waals surface area contributed by atoms with Crippen LogP contribution in [0.1, 0.15) is 31.1 Å². The van der Waals surface area contributed by atoms with Gasteiger partial charge in [-0.1, -0.05) is 6.07 Å². The molecule has 0 spiro atoms. The number of ether oxygens (including phenoxy) is 1. The van der Waals surface area contributed by atoms with Crippen molar-refractivity contribution < 1.29 is 9.13 Å². The lowest BCUT2D eigenvalue weighted by atomic mass is 9.99. The van der Waals surface area contributed by atoms with Gasteiger partial charge in [0.05, 0.1) is 12.1 Å². The van der Waals surface area contributed by atoms with Crippen molar-refractivity contribution in [2.45, 2.75) is 30.8 Å². The zero-order chi connectivity index (χ0) is 13.0. The largest absolute Gasteiger partial charge is 0.379 e. The van der Waals surface area contributed by atoms with Crippen LogP contribution in [0, 0.1) is 5.82 Å².